The first kappa shape index (κ1) is 12.9. The molecule has 1 N–H and O–H groups in total. The van der Waals surface area contributed by atoms with Gasteiger partial charge in [-0.1, -0.05) is 0 Å². The SMILES string of the molecule is CC(C)OC(C)(C)C(F)(F)S(=O)O. The molecule has 1 atom stereocenters. The Morgan fingerprint density at radius 2 is 1.77 bits per heavy atom. The second-order valence-electron chi connectivity index (χ2n) is 3.44. The molecular formula is C7H14F2O3S. The van der Waals surface area contributed by atoms with Crippen LogP contribution in [0, 0.1) is 0 Å². The number of halogens is 2. The van der Waals surface area contributed by atoms with Gasteiger partial charge in [-0.3, -0.25) is 0 Å². The molecule has 0 bridgehead atoms. The maximum Gasteiger partial charge on any atom is 0.372 e. The molecule has 0 aliphatic carbocycles. The first-order valence-corrected chi connectivity index (χ1v) is 4.88. The van der Waals surface area contributed by atoms with Crippen LogP contribution in [-0.2, 0) is 15.8 Å². The first-order chi connectivity index (χ1) is 5.61. The van der Waals surface area contributed by atoms with Gasteiger partial charge in [0.15, 0.2) is 0 Å². The molecule has 0 aromatic rings. The number of ether oxygens (including phenoxy) is 1. The van der Waals surface area contributed by atoms with Crippen LogP contribution < -0.4 is 0 Å². The fraction of sp³-hybridized carbons (Fsp3) is 1.00. The molecule has 0 radical (unpaired) electrons. The van der Waals surface area contributed by atoms with Crippen molar-refractivity contribution in [3.05, 3.63) is 0 Å². The van der Waals surface area contributed by atoms with E-state index in [1.54, 1.807) is 13.8 Å². The molecule has 0 saturated carbocycles. The Morgan fingerprint density at radius 3 is 2.00 bits per heavy atom. The van der Waals surface area contributed by atoms with Crippen molar-refractivity contribution in [2.75, 3.05) is 0 Å². The summed E-state index contributed by atoms with van der Waals surface area (Å²) in [5.41, 5.74) is -1.94. The summed E-state index contributed by atoms with van der Waals surface area (Å²) in [7, 11) is 0. The Hall–Kier alpha value is -0.0700. The predicted molar refractivity (Wildman–Crippen MR) is 46.0 cm³/mol. The van der Waals surface area contributed by atoms with Crippen molar-refractivity contribution >= 4 is 11.1 Å². The van der Waals surface area contributed by atoms with E-state index in [9.17, 15) is 13.0 Å². The van der Waals surface area contributed by atoms with Crippen LogP contribution in [0.2, 0.25) is 0 Å². The summed E-state index contributed by atoms with van der Waals surface area (Å²) in [5.74, 6) is 0. The van der Waals surface area contributed by atoms with E-state index in [4.69, 9.17) is 9.29 Å². The summed E-state index contributed by atoms with van der Waals surface area (Å²) < 4.78 is 49.6. The highest BCUT2D eigenvalue weighted by atomic mass is 32.2. The Morgan fingerprint density at radius 1 is 1.38 bits per heavy atom. The molecule has 3 nitrogen and oxygen atoms in total. The quantitative estimate of drug-likeness (QED) is 0.731. The highest BCUT2D eigenvalue weighted by Gasteiger charge is 2.53. The average molecular weight is 216 g/mol. The van der Waals surface area contributed by atoms with E-state index in [0.29, 0.717) is 0 Å². The van der Waals surface area contributed by atoms with E-state index in [1.165, 1.54) is 0 Å². The summed E-state index contributed by atoms with van der Waals surface area (Å²) in [4.78, 5) is 0. The zero-order chi connectivity index (χ0) is 10.9. The van der Waals surface area contributed by atoms with Crippen molar-refractivity contribution in [2.45, 2.75) is 44.7 Å². The summed E-state index contributed by atoms with van der Waals surface area (Å²) in [6, 6.07) is 0. The highest BCUT2D eigenvalue weighted by molar-refractivity contribution is 7.80. The van der Waals surface area contributed by atoms with E-state index in [1.807, 2.05) is 0 Å². The lowest BCUT2D eigenvalue weighted by molar-refractivity contribution is -0.162. The monoisotopic (exact) mass is 216 g/mol. The molecule has 0 rings (SSSR count). The molecular weight excluding hydrogens is 202 g/mol. The van der Waals surface area contributed by atoms with E-state index in [-0.39, 0.29) is 0 Å². The third kappa shape index (κ3) is 2.96. The molecule has 0 fully saturated rings. The maximum absolute atomic E-state index is 13.0. The lowest BCUT2D eigenvalue weighted by atomic mass is 10.1. The third-order valence-corrected chi connectivity index (χ3v) is 2.38. The molecule has 0 aliphatic rings. The second-order valence-corrected chi connectivity index (χ2v) is 4.45. The lowest BCUT2D eigenvalue weighted by Crippen LogP contribution is -2.49. The van der Waals surface area contributed by atoms with E-state index in [2.05, 4.69) is 0 Å². The van der Waals surface area contributed by atoms with Crippen molar-refractivity contribution < 1.29 is 22.3 Å². The van der Waals surface area contributed by atoms with Gasteiger partial charge in [0.25, 0.3) is 0 Å². The van der Waals surface area contributed by atoms with Crippen molar-refractivity contribution in [1.82, 2.24) is 0 Å². The minimum Gasteiger partial charge on any atom is -0.365 e. The third-order valence-electron chi connectivity index (χ3n) is 1.45. The fourth-order valence-electron chi connectivity index (χ4n) is 0.868. The molecule has 1 unspecified atom stereocenters. The smallest absolute Gasteiger partial charge is 0.365 e. The standard InChI is InChI=1S/C7H14F2O3S/c1-5(2)12-6(3,4)7(8,9)13(10)11/h5H,1-4H3,(H,10,11). The van der Waals surface area contributed by atoms with Crippen LogP contribution in [0.4, 0.5) is 8.78 Å². The second kappa shape index (κ2) is 3.98. The number of alkyl halides is 2. The molecule has 0 saturated heterocycles. The van der Waals surface area contributed by atoms with Gasteiger partial charge >= 0.3 is 5.25 Å². The Labute approximate surface area is 78.8 Å². The van der Waals surface area contributed by atoms with Gasteiger partial charge in [-0.05, 0) is 27.7 Å². The molecule has 0 aliphatic heterocycles. The van der Waals surface area contributed by atoms with Gasteiger partial charge in [0.2, 0.25) is 11.1 Å². The molecule has 0 amide bonds. The average Bonchev–Trinajstić information content (AvgIpc) is 1.83. The van der Waals surface area contributed by atoms with Gasteiger partial charge in [-0.2, -0.15) is 8.78 Å². The fourth-order valence-corrected chi connectivity index (χ4v) is 1.34. The Kier molecular flexibility index (Phi) is 3.96. The molecule has 80 valence electrons. The Balaban J connectivity index is 4.70. The van der Waals surface area contributed by atoms with Crippen LogP contribution >= 0.6 is 0 Å². The van der Waals surface area contributed by atoms with Crippen LogP contribution in [0.25, 0.3) is 0 Å². The van der Waals surface area contributed by atoms with Gasteiger partial charge in [-0.15, -0.1) is 0 Å². The molecule has 6 heteroatoms. The number of hydrogen-bond acceptors (Lipinski definition) is 2. The van der Waals surface area contributed by atoms with Gasteiger partial charge in [-0.25, -0.2) is 4.21 Å². The largest absolute Gasteiger partial charge is 0.372 e. The van der Waals surface area contributed by atoms with Crippen molar-refractivity contribution in [1.29, 1.82) is 0 Å². The van der Waals surface area contributed by atoms with Crippen LogP contribution in [-0.4, -0.2) is 25.7 Å². The number of hydrogen-bond donors (Lipinski definition) is 1. The summed E-state index contributed by atoms with van der Waals surface area (Å²) in [6.45, 7) is 5.33. The van der Waals surface area contributed by atoms with Crippen LogP contribution in [0.5, 0.6) is 0 Å². The predicted octanol–water partition coefficient (Wildman–Crippen LogP) is 2.00. The van der Waals surface area contributed by atoms with Crippen molar-refractivity contribution in [2.24, 2.45) is 0 Å². The molecule has 0 aromatic heterocycles. The van der Waals surface area contributed by atoms with Gasteiger partial charge in [0.05, 0.1) is 6.10 Å². The minimum atomic E-state index is -3.77. The zero-order valence-electron chi connectivity index (χ0n) is 8.01. The van der Waals surface area contributed by atoms with Gasteiger partial charge in [0, 0.05) is 0 Å². The zero-order valence-corrected chi connectivity index (χ0v) is 8.82. The van der Waals surface area contributed by atoms with E-state index >= 15 is 0 Å². The maximum atomic E-state index is 13.0. The topological polar surface area (TPSA) is 46.5 Å². The normalized spacial score (nSPS) is 16.3. The van der Waals surface area contributed by atoms with Gasteiger partial charge in [0.1, 0.15) is 5.60 Å². The summed E-state index contributed by atoms with van der Waals surface area (Å²) >= 11 is -3.22. The summed E-state index contributed by atoms with van der Waals surface area (Å²) in [5, 5.41) is -3.77. The lowest BCUT2D eigenvalue weighted by Gasteiger charge is -2.32. The van der Waals surface area contributed by atoms with Crippen LogP contribution in [0.1, 0.15) is 27.7 Å². The van der Waals surface area contributed by atoms with Crippen LogP contribution in [0.15, 0.2) is 0 Å². The van der Waals surface area contributed by atoms with Crippen molar-refractivity contribution in [3.63, 3.8) is 0 Å². The van der Waals surface area contributed by atoms with E-state index in [0.717, 1.165) is 13.8 Å². The van der Waals surface area contributed by atoms with Crippen LogP contribution in [0.3, 0.4) is 0 Å². The highest BCUT2D eigenvalue weighted by Crippen LogP contribution is 2.34. The van der Waals surface area contributed by atoms with Gasteiger partial charge < -0.3 is 9.29 Å². The van der Waals surface area contributed by atoms with E-state index < -0.39 is 28.0 Å². The molecule has 13 heavy (non-hydrogen) atoms. The molecule has 0 heterocycles. The van der Waals surface area contributed by atoms with Crippen molar-refractivity contribution in [3.8, 4) is 0 Å². The Bertz CT molecular complexity index is 204. The first-order valence-electron chi connectivity index (χ1n) is 3.78. The molecule has 0 spiro atoms. The summed E-state index contributed by atoms with van der Waals surface area (Å²) in [6.07, 6.45) is -0.426. The number of rotatable bonds is 4. The minimum absolute atomic E-state index is 0.426. The molecule has 0 aromatic carbocycles.